The zero-order valence-corrected chi connectivity index (χ0v) is 10.1. The Morgan fingerprint density at radius 1 is 1.41 bits per heavy atom. The van der Waals surface area contributed by atoms with Crippen molar-refractivity contribution in [2.24, 2.45) is 5.92 Å². The summed E-state index contributed by atoms with van der Waals surface area (Å²) in [5, 5.41) is 8.82. The van der Waals surface area contributed by atoms with Crippen LogP contribution in [0.15, 0.2) is 36.0 Å². The normalized spacial score (nSPS) is 27.6. The lowest BCUT2D eigenvalue weighted by atomic mass is 9.92. The zero-order valence-electron chi connectivity index (χ0n) is 10.1. The molecule has 0 atom stereocenters. The number of carbonyl (C=O) groups excluding carboxylic acids is 1. The van der Waals surface area contributed by atoms with Crippen LogP contribution in [0, 0.1) is 17.2 Å². The largest absolute Gasteiger partial charge is 0.465 e. The van der Waals surface area contributed by atoms with Crippen molar-refractivity contribution in [1.82, 2.24) is 0 Å². The maximum absolute atomic E-state index is 11.2. The molecule has 0 spiro atoms. The van der Waals surface area contributed by atoms with Crippen LogP contribution in [0.2, 0.25) is 0 Å². The first-order valence-corrected chi connectivity index (χ1v) is 5.19. The lowest BCUT2D eigenvalue weighted by Crippen LogP contribution is -2.23. The van der Waals surface area contributed by atoms with E-state index in [1.54, 1.807) is 13.2 Å². The van der Waals surface area contributed by atoms with Crippen LogP contribution in [-0.2, 0) is 14.3 Å². The molecule has 0 amide bonds. The Balaban J connectivity index is 2.83. The molecule has 0 aromatic heterocycles. The van der Waals surface area contributed by atoms with Crippen LogP contribution in [0.25, 0.3) is 0 Å². The Labute approximate surface area is 101 Å². The van der Waals surface area contributed by atoms with Gasteiger partial charge in [0.05, 0.1) is 7.11 Å². The molecule has 4 nitrogen and oxygen atoms in total. The topological polar surface area (TPSA) is 59.3 Å². The van der Waals surface area contributed by atoms with E-state index in [-0.39, 0.29) is 11.5 Å². The third-order valence-electron chi connectivity index (χ3n) is 2.62. The van der Waals surface area contributed by atoms with Crippen molar-refractivity contribution < 1.29 is 14.3 Å². The van der Waals surface area contributed by atoms with Gasteiger partial charge in [-0.1, -0.05) is 24.3 Å². The summed E-state index contributed by atoms with van der Waals surface area (Å²) in [5.74, 6) is -0.707. The van der Waals surface area contributed by atoms with Crippen LogP contribution in [-0.4, -0.2) is 25.8 Å². The SMILES string of the molecule is COC(=O)/C(C#N)=C/C1C=CC(C)(OC)C=C1. The van der Waals surface area contributed by atoms with Crippen LogP contribution < -0.4 is 0 Å². The zero-order chi connectivity index (χ0) is 12.9. The first-order valence-electron chi connectivity index (χ1n) is 5.19. The van der Waals surface area contributed by atoms with Crippen molar-refractivity contribution in [2.75, 3.05) is 14.2 Å². The second-order valence-corrected chi connectivity index (χ2v) is 3.87. The quantitative estimate of drug-likeness (QED) is 0.322. The van der Waals surface area contributed by atoms with Gasteiger partial charge in [-0.2, -0.15) is 5.26 Å². The van der Waals surface area contributed by atoms with Gasteiger partial charge in [0.15, 0.2) is 0 Å². The summed E-state index contributed by atoms with van der Waals surface area (Å²) in [4.78, 5) is 11.2. The number of nitriles is 1. The van der Waals surface area contributed by atoms with E-state index >= 15 is 0 Å². The summed E-state index contributed by atoms with van der Waals surface area (Å²) in [7, 11) is 2.88. The third kappa shape index (κ3) is 3.30. The molecule has 0 aliphatic heterocycles. The lowest BCUT2D eigenvalue weighted by Gasteiger charge is -2.24. The number of allylic oxidation sites excluding steroid dienone is 3. The van der Waals surface area contributed by atoms with Crippen molar-refractivity contribution >= 4 is 5.97 Å². The smallest absolute Gasteiger partial charge is 0.348 e. The van der Waals surface area contributed by atoms with E-state index in [0.717, 1.165) is 0 Å². The Bertz CT molecular complexity index is 412. The lowest BCUT2D eigenvalue weighted by molar-refractivity contribution is -0.135. The van der Waals surface area contributed by atoms with Gasteiger partial charge in [0.1, 0.15) is 17.2 Å². The second-order valence-electron chi connectivity index (χ2n) is 3.87. The fraction of sp³-hybridized carbons (Fsp3) is 0.385. The molecular weight excluding hydrogens is 218 g/mol. The summed E-state index contributed by atoms with van der Waals surface area (Å²) in [6.45, 7) is 1.92. The molecule has 17 heavy (non-hydrogen) atoms. The first kappa shape index (κ1) is 13.2. The highest BCUT2D eigenvalue weighted by atomic mass is 16.5. The molecule has 0 fully saturated rings. The van der Waals surface area contributed by atoms with Gasteiger partial charge in [-0.15, -0.1) is 0 Å². The molecule has 90 valence electrons. The highest BCUT2D eigenvalue weighted by Crippen LogP contribution is 2.22. The third-order valence-corrected chi connectivity index (χ3v) is 2.62. The van der Waals surface area contributed by atoms with Crippen molar-refractivity contribution in [3.63, 3.8) is 0 Å². The number of methoxy groups -OCH3 is 2. The highest BCUT2D eigenvalue weighted by Gasteiger charge is 2.20. The number of esters is 1. The van der Waals surface area contributed by atoms with Gasteiger partial charge >= 0.3 is 5.97 Å². The molecule has 0 saturated heterocycles. The van der Waals surface area contributed by atoms with E-state index in [1.165, 1.54) is 7.11 Å². The molecule has 0 saturated carbocycles. The van der Waals surface area contributed by atoms with Gasteiger partial charge in [-0.3, -0.25) is 0 Å². The number of carbonyl (C=O) groups is 1. The number of ether oxygens (including phenoxy) is 2. The van der Waals surface area contributed by atoms with Crippen LogP contribution in [0.4, 0.5) is 0 Å². The Morgan fingerprint density at radius 2 is 2.00 bits per heavy atom. The van der Waals surface area contributed by atoms with Gasteiger partial charge in [0.2, 0.25) is 0 Å². The molecule has 0 unspecified atom stereocenters. The van der Waals surface area contributed by atoms with E-state index < -0.39 is 11.6 Å². The standard InChI is InChI=1S/C13H15NO3/c1-13(17-3)6-4-10(5-7-13)8-11(9-14)12(15)16-2/h4-8,10H,1-3H3/b11-8+. The molecule has 0 heterocycles. The average Bonchev–Trinajstić information content (AvgIpc) is 2.37. The molecule has 1 aliphatic rings. The van der Waals surface area contributed by atoms with Gasteiger partial charge in [-0.05, 0) is 13.0 Å². The van der Waals surface area contributed by atoms with Crippen molar-refractivity contribution in [2.45, 2.75) is 12.5 Å². The maximum Gasteiger partial charge on any atom is 0.348 e. The molecule has 0 N–H and O–H groups in total. The monoisotopic (exact) mass is 233 g/mol. The Hall–Kier alpha value is -1.86. The summed E-state index contributed by atoms with van der Waals surface area (Å²) < 4.78 is 9.78. The minimum atomic E-state index is -0.616. The number of hydrogen-bond donors (Lipinski definition) is 0. The minimum Gasteiger partial charge on any atom is -0.465 e. The van der Waals surface area contributed by atoms with Crippen molar-refractivity contribution in [3.8, 4) is 6.07 Å². The van der Waals surface area contributed by atoms with Crippen LogP contribution >= 0.6 is 0 Å². The van der Waals surface area contributed by atoms with Crippen molar-refractivity contribution in [1.29, 1.82) is 5.26 Å². The van der Waals surface area contributed by atoms with E-state index in [4.69, 9.17) is 10.00 Å². The van der Waals surface area contributed by atoms with E-state index in [9.17, 15) is 4.79 Å². The number of hydrogen-bond acceptors (Lipinski definition) is 4. The molecule has 4 heteroatoms. The minimum absolute atomic E-state index is 0.00724. The number of nitrogens with zero attached hydrogens (tertiary/aromatic N) is 1. The van der Waals surface area contributed by atoms with Gasteiger partial charge in [0, 0.05) is 13.0 Å². The molecular formula is C13H15NO3. The molecule has 1 aliphatic carbocycles. The van der Waals surface area contributed by atoms with Gasteiger partial charge < -0.3 is 9.47 Å². The van der Waals surface area contributed by atoms with Crippen LogP contribution in [0.3, 0.4) is 0 Å². The van der Waals surface area contributed by atoms with Crippen LogP contribution in [0.5, 0.6) is 0 Å². The maximum atomic E-state index is 11.2. The summed E-state index contributed by atoms with van der Waals surface area (Å²) in [5.41, 5.74) is -0.407. The second kappa shape index (κ2) is 5.46. The molecule has 0 aromatic carbocycles. The molecule has 1 rings (SSSR count). The summed E-state index contributed by atoms with van der Waals surface area (Å²) in [6, 6.07) is 1.82. The van der Waals surface area contributed by atoms with Crippen LogP contribution in [0.1, 0.15) is 6.92 Å². The van der Waals surface area contributed by atoms with E-state index in [1.807, 2.05) is 37.3 Å². The van der Waals surface area contributed by atoms with Crippen molar-refractivity contribution in [3.05, 3.63) is 36.0 Å². The predicted molar refractivity (Wildman–Crippen MR) is 62.9 cm³/mol. The van der Waals surface area contributed by atoms with Gasteiger partial charge in [0.25, 0.3) is 0 Å². The Morgan fingerprint density at radius 3 is 2.41 bits per heavy atom. The fourth-order valence-electron chi connectivity index (χ4n) is 1.42. The fourth-order valence-corrected chi connectivity index (χ4v) is 1.42. The summed E-state index contributed by atoms with van der Waals surface area (Å²) >= 11 is 0. The van der Waals surface area contributed by atoms with Gasteiger partial charge in [-0.25, -0.2) is 4.79 Å². The molecule has 0 bridgehead atoms. The first-order chi connectivity index (χ1) is 8.04. The number of rotatable bonds is 3. The summed E-state index contributed by atoms with van der Waals surface area (Å²) in [6.07, 6.45) is 9.10. The predicted octanol–water partition coefficient (Wildman–Crippen LogP) is 1.76. The van der Waals surface area contributed by atoms with E-state index in [0.29, 0.717) is 0 Å². The Kier molecular flexibility index (Phi) is 4.24. The highest BCUT2D eigenvalue weighted by molar-refractivity contribution is 5.92. The molecule has 0 radical (unpaired) electrons. The average molecular weight is 233 g/mol. The molecule has 0 aromatic rings. The van der Waals surface area contributed by atoms with E-state index in [2.05, 4.69) is 4.74 Å².